The lowest BCUT2D eigenvalue weighted by Crippen LogP contribution is -2.36. The second kappa shape index (κ2) is 6.96. The number of amides is 1. The zero-order valence-corrected chi connectivity index (χ0v) is 11.2. The van der Waals surface area contributed by atoms with Crippen LogP contribution in [0.2, 0.25) is 0 Å². The van der Waals surface area contributed by atoms with Gasteiger partial charge in [0, 0.05) is 18.8 Å². The largest absolute Gasteiger partial charge is 0.506 e. The third-order valence-electron chi connectivity index (χ3n) is 2.65. The molecule has 0 aliphatic carbocycles. The van der Waals surface area contributed by atoms with E-state index in [0.717, 1.165) is 12.2 Å². The first-order chi connectivity index (χ1) is 8.56. The fourth-order valence-corrected chi connectivity index (χ4v) is 1.67. The molecule has 5 heteroatoms. The van der Waals surface area contributed by atoms with E-state index >= 15 is 0 Å². The van der Waals surface area contributed by atoms with Gasteiger partial charge in [0.25, 0.3) is 0 Å². The zero-order valence-electron chi connectivity index (χ0n) is 11.2. The summed E-state index contributed by atoms with van der Waals surface area (Å²) < 4.78 is 0. The normalized spacial score (nSPS) is 10.7. The molecule has 0 atom stereocenters. The van der Waals surface area contributed by atoms with Gasteiger partial charge >= 0.3 is 0 Å². The number of nitrogens with one attached hydrogen (secondary N) is 1. The number of carbonyl (C=O) groups is 1. The van der Waals surface area contributed by atoms with Gasteiger partial charge in [0.15, 0.2) is 0 Å². The Balaban J connectivity index is 2.67. The van der Waals surface area contributed by atoms with E-state index in [4.69, 9.17) is 0 Å². The molecule has 0 unspecified atom stereocenters. The number of carbonyl (C=O) groups excluding carboxylic acids is 1. The van der Waals surface area contributed by atoms with E-state index in [1.165, 1.54) is 0 Å². The molecule has 0 aromatic carbocycles. The number of hydrogen-bond donors (Lipinski definition) is 2. The Bertz CT molecular complexity index is 407. The number of hydrogen-bond acceptors (Lipinski definition) is 4. The maximum atomic E-state index is 11.5. The van der Waals surface area contributed by atoms with Crippen molar-refractivity contribution in [3.05, 3.63) is 23.5 Å². The highest BCUT2D eigenvalue weighted by Crippen LogP contribution is 2.16. The summed E-state index contributed by atoms with van der Waals surface area (Å²) in [5.41, 5.74) is 1.47. The molecule has 1 heterocycles. The molecule has 1 amide bonds. The molecule has 100 valence electrons. The van der Waals surface area contributed by atoms with Crippen LogP contribution in [0.15, 0.2) is 12.1 Å². The molecule has 5 nitrogen and oxygen atoms in total. The van der Waals surface area contributed by atoms with E-state index in [-0.39, 0.29) is 11.7 Å². The van der Waals surface area contributed by atoms with Crippen molar-refractivity contribution in [2.24, 2.45) is 0 Å². The summed E-state index contributed by atoms with van der Waals surface area (Å²) in [4.78, 5) is 17.7. The Hall–Kier alpha value is -1.62. The number of nitrogens with zero attached hydrogens (tertiary/aromatic N) is 2. The molecule has 1 aromatic rings. The number of aromatic hydroxyl groups is 1. The first-order valence-electron chi connectivity index (χ1n) is 6.21. The molecule has 0 fully saturated rings. The van der Waals surface area contributed by atoms with Crippen LogP contribution < -0.4 is 5.32 Å². The van der Waals surface area contributed by atoms with Crippen LogP contribution in [0.25, 0.3) is 0 Å². The standard InChI is InChI=1S/C13H21N3O2/c1-4-14-13(18)9-16(5-2)8-11-12(17)7-6-10(3)15-11/h6-7,17H,4-5,8-9H2,1-3H3,(H,14,18). The Morgan fingerprint density at radius 2 is 2.17 bits per heavy atom. The van der Waals surface area contributed by atoms with E-state index in [1.807, 2.05) is 25.7 Å². The van der Waals surface area contributed by atoms with Crippen molar-refractivity contribution in [2.45, 2.75) is 27.3 Å². The third kappa shape index (κ3) is 4.33. The smallest absolute Gasteiger partial charge is 0.234 e. The minimum Gasteiger partial charge on any atom is -0.506 e. The number of pyridine rings is 1. The van der Waals surface area contributed by atoms with Gasteiger partial charge in [-0.15, -0.1) is 0 Å². The lowest BCUT2D eigenvalue weighted by molar-refractivity contribution is -0.122. The highest BCUT2D eigenvalue weighted by molar-refractivity contribution is 5.77. The molecule has 0 aliphatic rings. The minimum atomic E-state index is -0.00788. The SMILES string of the molecule is CCNC(=O)CN(CC)Cc1nc(C)ccc1O. The Labute approximate surface area is 108 Å². The van der Waals surface area contributed by atoms with Crippen LogP contribution in [0.1, 0.15) is 25.2 Å². The van der Waals surface area contributed by atoms with Crippen LogP contribution in [0.5, 0.6) is 5.75 Å². The quantitative estimate of drug-likeness (QED) is 0.793. The topological polar surface area (TPSA) is 65.5 Å². The molecule has 1 aromatic heterocycles. The summed E-state index contributed by atoms with van der Waals surface area (Å²) in [6.45, 7) is 7.90. The molecule has 0 aliphatic heterocycles. The van der Waals surface area contributed by atoms with Crippen molar-refractivity contribution in [1.29, 1.82) is 0 Å². The van der Waals surface area contributed by atoms with Crippen molar-refractivity contribution < 1.29 is 9.90 Å². The van der Waals surface area contributed by atoms with Gasteiger partial charge < -0.3 is 10.4 Å². The lowest BCUT2D eigenvalue weighted by atomic mass is 10.2. The summed E-state index contributed by atoms with van der Waals surface area (Å²) in [5, 5.41) is 12.5. The molecule has 18 heavy (non-hydrogen) atoms. The zero-order chi connectivity index (χ0) is 13.5. The monoisotopic (exact) mass is 251 g/mol. The summed E-state index contributed by atoms with van der Waals surface area (Å²) in [5.74, 6) is 0.168. The minimum absolute atomic E-state index is 0.00788. The summed E-state index contributed by atoms with van der Waals surface area (Å²) >= 11 is 0. The summed E-state index contributed by atoms with van der Waals surface area (Å²) in [6.07, 6.45) is 0. The van der Waals surface area contributed by atoms with Crippen LogP contribution in [0.3, 0.4) is 0 Å². The fourth-order valence-electron chi connectivity index (χ4n) is 1.67. The number of aromatic nitrogens is 1. The Morgan fingerprint density at radius 1 is 1.44 bits per heavy atom. The predicted octanol–water partition coefficient (Wildman–Crippen LogP) is 1.05. The molecule has 0 saturated heterocycles. The maximum absolute atomic E-state index is 11.5. The van der Waals surface area contributed by atoms with Crippen molar-refractivity contribution >= 4 is 5.91 Å². The molecular formula is C13H21N3O2. The van der Waals surface area contributed by atoms with Crippen LogP contribution in [0, 0.1) is 6.92 Å². The van der Waals surface area contributed by atoms with Gasteiger partial charge in [-0.2, -0.15) is 0 Å². The van der Waals surface area contributed by atoms with Crippen LogP contribution in [0.4, 0.5) is 0 Å². The third-order valence-corrected chi connectivity index (χ3v) is 2.65. The van der Waals surface area contributed by atoms with Gasteiger partial charge in [-0.05, 0) is 32.5 Å². The molecule has 0 bridgehead atoms. The molecule has 2 N–H and O–H groups in total. The molecular weight excluding hydrogens is 230 g/mol. The predicted molar refractivity (Wildman–Crippen MR) is 70.3 cm³/mol. The number of likely N-dealkylation sites (N-methyl/N-ethyl adjacent to an activating group) is 2. The van der Waals surface area contributed by atoms with E-state index in [9.17, 15) is 9.90 Å². The molecule has 0 saturated carbocycles. The van der Waals surface area contributed by atoms with Gasteiger partial charge in [-0.3, -0.25) is 14.7 Å². The average molecular weight is 251 g/mol. The summed E-state index contributed by atoms with van der Waals surface area (Å²) in [6, 6.07) is 3.40. The highest BCUT2D eigenvalue weighted by Gasteiger charge is 2.12. The number of rotatable bonds is 6. The van der Waals surface area contributed by atoms with Gasteiger partial charge in [0.2, 0.25) is 5.91 Å². The fraction of sp³-hybridized carbons (Fsp3) is 0.538. The molecule has 1 rings (SSSR count). The van der Waals surface area contributed by atoms with E-state index < -0.39 is 0 Å². The molecule has 0 spiro atoms. The van der Waals surface area contributed by atoms with E-state index in [0.29, 0.717) is 25.3 Å². The second-order valence-electron chi connectivity index (χ2n) is 4.18. The van der Waals surface area contributed by atoms with E-state index in [1.54, 1.807) is 12.1 Å². The van der Waals surface area contributed by atoms with Gasteiger partial charge in [0.1, 0.15) is 5.75 Å². The second-order valence-corrected chi connectivity index (χ2v) is 4.18. The summed E-state index contributed by atoms with van der Waals surface area (Å²) in [7, 11) is 0. The number of aryl methyl sites for hydroxylation is 1. The van der Waals surface area contributed by atoms with E-state index in [2.05, 4.69) is 10.3 Å². The first-order valence-corrected chi connectivity index (χ1v) is 6.21. The maximum Gasteiger partial charge on any atom is 0.234 e. The Kier molecular flexibility index (Phi) is 5.58. The van der Waals surface area contributed by atoms with Crippen LogP contribution in [-0.2, 0) is 11.3 Å². The average Bonchev–Trinajstić information content (AvgIpc) is 2.33. The Morgan fingerprint density at radius 3 is 2.78 bits per heavy atom. The van der Waals surface area contributed by atoms with Crippen molar-refractivity contribution in [1.82, 2.24) is 15.2 Å². The van der Waals surface area contributed by atoms with Crippen molar-refractivity contribution in [3.63, 3.8) is 0 Å². The first kappa shape index (κ1) is 14.4. The molecule has 0 radical (unpaired) electrons. The van der Waals surface area contributed by atoms with Crippen molar-refractivity contribution in [3.8, 4) is 5.75 Å². The van der Waals surface area contributed by atoms with Gasteiger partial charge in [-0.25, -0.2) is 0 Å². The van der Waals surface area contributed by atoms with Crippen LogP contribution in [-0.4, -0.2) is 40.5 Å². The van der Waals surface area contributed by atoms with Crippen molar-refractivity contribution in [2.75, 3.05) is 19.6 Å². The van der Waals surface area contributed by atoms with Gasteiger partial charge in [0.05, 0.1) is 12.2 Å². The highest BCUT2D eigenvalue weighted by atomic mass is 16.3. The van der Waals surface area contributed by atoms with Crippen LogP contribution >= 0.6 is 0 Å². The lowest BCUT2D eigenvalue weighted by Gasteiger charge is -2.19. The van der Waals surface area contributed by atoms with Gasteiger partial charge in [-0.1, -0.05) is 6.92 Å².